The quantitative estimate of drug-likeness (QED) is 0.551. The number of hydrogen-bond donors (Lipinski definition) is 1. The number of esters is 1. The van der Waals surface area contributed by atoms with Crippen LogP contribution in [0.15, 0.2) is 35.3 Å². The van der Waals surface area contributed by atoms with Crippen LogP contribution < -0.4 is 5.32 Å². The average molecular weight is 346 g/mol. The molecular formula is C20H30N2O3. The minimum Gasteiger partial charge on any atom is -0.467 e. The summed E-state index contributed by atoms with van der Waals surface area (Å²) < 4.78 is 4.84. The number of aliphatic imine (C=N–C) groups is 1. The van der Waals surface area contributed by atoms with Crippen LogP contribution >= 0.6 is 0 Å². The number of rotatable bonds is 9. The van der Waals surface area contributed by atoms with Gasteiger partial charge in [0, 0.05) is 6.21 Å². The van der Waals surface area contributed by atoms with Crippen molar-refractivity contribution in [3.05, 3.63) is 35.9 Å². The second-order valence-electron chi connectivity index (χ2n) is 6.41. The Labute approximate surface area is 150 Å². The number of hydrogen-bond acceptors (Lipinski definition) is 4. The van der Waals surface area contributed by atoms with Crippen LogP contribution in [0.1, 0.15) is 46.1 Å². The number of carbonyl (C=O) groups excluding carboxylic acids is 2. The summed E-state index contributed by atoms with van der Waals surface area (Å²) in [5.41, 5.74) is 0.940. The molecule has 0 spiro atoms. The van der Waals surface area contributed by atoms with E-state index in [1.807, 2.05) is 58.0 Å². The summed E-state index contributed by atoms with van der Waals surface area (Å²) in [5, 5.41) is 2.84. The first-order chi connectivity index (χ1) is 11.9. The van der Waals surface area contributed by atoms with Crippen molar-refractivity contribution in [1.29, 1.82) is 0 Å². The molecule has 25 heavy (non-hydrogen) atoms. The molecule has 0 unspecified atom stereocenters. The zero-order valence-corrected chi connectivity index (χ0v) is 15.9. The van der Waals surface area contributed by atoms with E-state index in [2.05, 4.69) is 10.3 Å². The van der Waals surface area contributed by atoms with Crippen molar-refractivity contribution in [2.24, 2.45) is 16.8 Å². The van der Waals surface area contributed by atoms with E-state index in [0.717, 1.165) is 18.4 Å². The highest BCUT2D eigenvalue weighted by atomic mass is 16.5. The minimum atomic E-state index is -0.652. The molecule has 5 heteroatoms. The first-order valence-corrected chi connectivity index (χ1v) is 8.90. The normalized spacial score (nSPS) is 16.0. The smallest absolute Gasteiger partial charge is 0.328 e. The molecule has 0 aromatic heterocycles. The molecule has 1 aromatic rings. The summed E-state index contributed by atoms with van der Waals surface area (Å²) in [4.78, 5) is 29.3. The molecule has 0 saturated heterocycles. The maximum Gasteiger partial charge on any atom is 0.328 e. The number of nitrogens with zero attached hydrogens (tertiary/aromatic N) is 1. The highest BCUT2D eigenvalue weighted by Gasteiger charge is 2.31. The van der Waals surface area contributed by atoms with Gasteiger partial charge in [0.15, 0.2) is 0 Å². The van der Waals surface area contributed by atoms with Crippen LogP contribution in [0.3, 0.4) is 0 Å². The number of amides is 1. The lowest BCUT2D eigenvalue weighted by atomic mass is 9.95. The number of carbonyl (C=O) groups is 2. The fraction of sp³-hybridized carbons (Fsp3) is 0.550. The Morgan fingerprint density at radius 3 is 2.24 bits per heavy atom. The van der Waals surface area contributed by atoms with Crippen molar-refractivity contribution in [2.45, 2.75) is 52.6 Å². The number of ether oxygens (including phenoxy) is 1. The first kappa shape index (κ1) is 20.9. The molecule has 1 amide bonds. The Hall–Kier alpha value is -2.17. The molecule has 0 bridgehead atoms. The van der Waals surface area contributed by atoms with E-state index in [0.29, 0.717) is 0 Å². The van der Waals surface area contributed by atoms with Crippen LogP contribution in [0.5, 0.6) is 0 Å². The maximum absolute atomic E-state index is 12.8. The summed E-state index contributed by atoms with van der Waals surface area (Å²) in [6.45, 7) is 7.91. The van der Waals surface area contributed by atoms with Gasteiger partial charge in [-0.25, -0.2) is 4.79 Å². The Morgan fingerprint density at radius 2 is 1.72 bits per heavy atom. The van der Waals surface area contributed by atoms with Gasteiger partial charge >= 0.3 is 5.97 Å². The Kier molecular flexibility index (Phi) is 8.89. The van der Waals surface area contributed by atoms with Crippen molar-refractivity contribution < 1.29 is 14.3 Å². The van der Waals surface area contributed by atoms with Gasteiger partial charge in [-0.1, -0.05) is 70.9 Å². The van der Waals surface area contributed by atoms with Crippen LogP contribution in [-0.4, -0.2) is 37.3 Å². The SMILES string of the molecule is CC[C@H](C)[C@H](N=Cc1ccccc1)C(=O)N[C@H](C(=O)OC)[C@@H](C)CC. The lowest BCUT2D eigenvalue weighted by Crippen LogP contribution is -2.50. The van der Waals surface area contributed by atoms with Gasteiger partial charge in [-0.15, -0.1) is 0 Å². The number of methoxy groups -OCH3 is 1. The lowest BCUT2D eigenvalue weighted by Gasteiger charge is -2.25. The Bertz CT molecular complexity index is 572. The predicted molar refractivity (Wildman–Crippen MR) is 101 cm³/mol. The predicted octanol–water partition coefficient (Wildman–Crippen LogP) is 3.22. The summed E-state index contributed by atoms with van der Waals surface area (Å²) in [6.07, 6.45) is 3.30. The molecule has 1 N–H and O–H groups in total. The molecule has 0 aliphatic heterocycles. The molecular weight excluding hydrogens is 316 g/mol. The second kappa shape index (κ2) is 10.6. The molecule has 138 valence electrons. The number of nitrogens with one attached hydrogen (secondary N) is 1. The molecule has 0 aliphatic rings. The van der Waals surface area contributed by atoms with Crippen LogP contribution in [0.25, 0.3) is 0 Å². The van der Waals surface area contributed by atoms with Gasteiger partial charge in [0.2, 0.25) is 5.91 Å². The molecule has 1 aromatic carbocycles. The standard InChI is InChI=1S/C20H30N2O3/c1-6-14(3)17(21-13-16-11-9-8-10-12-16)19(23)22-18(15(4)7-2)20(24)25-5/h8-15,17-18H,6-7H2,1-5H3,(H,22,23)/t14-,15-,17-,18-/m0/s1. The van der Waals surface area contributed by atoms with Gasteiger partial charge in [-0.2, -0.15) is 0 Å². The molecule has 0 heterocycles. The van der Waals surface area contributed by atoms with Gasteiger partial charge < -0.3 is 10.1 Å². The monoisotopic (exact) mass is 346 g/mol. The lowest BCUT2D eigenvalue weighted by molar-refractivity contribution is -0.146. The highest BCUT2D eigenvalue weighted by molar-refractivity contribution is 5.90. The van der Waals surface area contributed by atoms with E-state index in [1.165, 1.54) is 7.11 Å². The Balaban J connectivity index is 2.95. The molecule has 0 saturated carbocycles. The van der Waals surface area contributed by atoms with E-state index in [4.69, 9.17) is 4.74 Å². The first-order valence-electron chi connectivity index (χ1n) is 8.90. The van der Waals surface area contributed by atoms with E-state index >= 15 is 0 Å². The molecule has 5 nitrogen and oxygen atoms in total. The fourth-order valence-corrected chi connectivity index (χ4v) is 2.44. The molecule has 0 fully saturated rings. The third-order valence-corrected chi connectivity index (χ3v) is 4.60. The van der Waals surface area contributed by atoms with Crippen molar-refractivity contribution in [3.8, 4) is 0 Å². The van der Waals surface area contributed by atoms with Crippen molar-refractivity contribution in [3.63, 3.8) is 0 Å². The molecule has 0 radical (unpaired) electrons. The summed E-state index contributed by atoms with van der Waals surface area (Å²) >= 11 is 0. The van der Waals surface area contributed by atoms with Crippen molar-refractivity contribution >= 4 is 18.1 Å². The number of benzene rings is 1. The summed E-state index contributed by atoms with van der Waals surface area (Å²) in [7, 11) is 1.34. The second-order valence-corrected chi connectivity index (χ2v) is 6.41. The molecule has 1 rings (SSSR count). The van der Waals surface area contributed by atoms with Gasteiger partial charge in [0.1, 0.15) is 12.1 Å². The molecule has 0 aliphatic carbocycles. The third kappa shape index (κ3) is 6.33. The zero-order chi connectivity index (χ0) is 18.8. The van der Waals surface area contributed by atoms with E-state index < -0.39 is 18.1 Å². The van der Waals surface area contributed by atoms with Gasteiger partial charge in [-0.05, 0) is 17.4 Å². The van der Waals surface area contributed by atoms with E-state index in [-0.39, 0.29) is 17.7 Å². The van der Waals surface area contributed by atoms with Crippen LogP contribution in [0, 0.1) is 11.8 Å². The summed E-state index contributed by atoms with van der Waals surface area (Å²) in [5.74, 6) is -0.600. The van der Waals surface area contributed by atoms with Crippen LogP contribution in [-0.2, 0) is 14.3 Å². The Morgan fingerprint density at radius 1 is 1.12 bits per heavy atom. The highest BCUT2D eigenvalue weighted by Crippen LogP contribution is 2.15. The zero-order valence-electron chi connectivity index (χ0n) is 15.9. The summed E-state index contributed by atoms with van der Waals surface area (Å²) in [6, 6.07) is 8.47. The van der Waals surface area contributed by atoms with E-state index in [9.17, 15) is 9.59 Å². The van der Waals surface area contributed by atoms with Crippen molar-refractivity contribution in [1.82, 2.24) is 5.32 Å². The van der Waals surface area contributed by atoms with Crippen LogP contribution in [0.4, 0.5) is 0 Å². The fourth-order valence-electron chi connectivity index (χ4n) is 2.44. The van der Waals surface area contributed by atoms with Gasteiger partial charge in [0.05, 0.1) is 7.11 Å². The minimum absolute atomic E-state index is 0.00733. The van der Waals surface area contributed by atoms with Crippen molar-refractivity contribution in [2.75, 3.05) is 7.11 Å². The topological polar surface area (TPSA) is 67.8 Å². The average Bonchev–Trinajstić information content (AvgIpc) is 2.65. The third-order valence-electron chi connectivity index (χ3n) is 4.60. The largest absolute Gasteiger partial charge is 0.467 e. The molecule has 4 atom stereocenters. The van der Waals surface area contributed by atoms with Gasteiger partial charge in [-0.3, -0.25) is 9.79 Å². The van der Waals surface area contributed by atoms with Crippen LogP contribution in [0.2, 0.25) is 0 Å². The maximum atomic E-state index is 12.8. The van der Waals surface area contributed by atoms with Gasteiger partial charge in [0.25, 0.3) is 0 Å². The van der Waals surface area contributed by atoms with E-state index in [1.54, 1.807) is 6.21 Å².